The highest BCUT2D eigenvalue weighted by atomic mass is 31.2. The topological polar surface area (TPSA) is 184 Å². The van der Waals surface area contributed by atoms with Gasteiger partial charge in [0.2, 0.25) is 0 Å². The van der Waals surface area contributed by atoms with E-state index in [0.717, 1.165) is 44.9 Å². The molecule has 4 N–H and O–H groups in total. The van der Waals surface area contributed by atoms with Crippen LogP contribution in [-0.4, -0.2) is 72.1 Å². The first-order valence-electron chi connectivity index (χ1n) is 20.1. The van der Waals surface area contributed by atoms with Crippen LogP contribution < -0.4 is 5.73 Å². The number of carbonyl (C=O) groups excluding carboxylic acids is 2. The van der Waals surface area contributed by atoms with Crippen LogP contribution in [0.3, 0.4) is 0 Å². The van der Waals surface area contributed by atoms with E-state index in [-0.39, 0.29) is 31.7 Å². The molecule has 1 fully saturated rings. The summed E-state index contributed by atoms with van der Waals surface area (Å²) in [5.41, 5.74) is 5.32. The molecular weight excluding hydrogens is 701 g/mol. The largest absolute Gasteiger partial charge is 0.480 e. The van der Waals surface area contributed by atoms with Gasteiger partial charge in [0.25, 0.3) is 0 Å². The summed E-state index contributed by atoms with van der Waals surface area (Å²) in [4.78, 5) is 45.9. The first kappa shape index (κ1) is 48.7. The van der Waals surface area contributed by atoms with Gasteiger partial charge in [0, 0.05) is 12.8 Å². The summed E-state index contributed by atoms with van der Waals surface area (Å²) >= 11 is 0. The summed E-state index contributed by atoms with van der Waals surface area (Å²) in [5.74, 6) is -2.47. The number of allylic oxidation sites excluding steroid dienone is 5. The number of carboxylic acids is 1. The standard InChI is InChI=1S/C40H70NO11P/c1-3-5-7-9-11-13-15-17-18-20-22-24-27-36-37(52-36)28-26-30-39(43)51-34(32-49-53(46,47)50-33-35(41)40(44)45)31-48-38(42)29-25-23-21-19-16-14-12-10-8-6-4-2/h11,13,17-18,22,24,34-37H,3-10,12,14-16,19-21,23,25-33,41H2,1-2H3,(H,44,45)(H,46,47)/b13-11-,18-17-,24-22-/t34-,35+,36?,37?/m1/s1. The van der Waals surface area contributed by atoms with Gasteiger partial charge >= 0.3 is 25.7 Å². The Morgan fingerprint density at radius 2 is 1.25 bits per heavy atom. The number of hydrogen-bond acceptors (Lipinski definition) is 10. The highest BCUT2D eigenvalue weighted by Crippen LogP contribution is 2.43. The maximum atomic E-state index is 12.7. The molecule has 0 aromatic rings. The molecule has 0 aromatic carbocycles. The van der Waals surface area contributed by atoms with E-state index in [1.54, 1.807) is 0 Å². The number of aliphatic carboxylic acids is 1. The summed E-state index contributed by atoms with van der Waals surface area (Å²) in [7, 11) is -4.73. The monoisotopic (exact) mass is 771 g/mol. The Balaban J connectivity index is 2.38. The molecule has 5 atom stereocenters. The van der Waals surface area contributed by atoms with Crippen molar-refractivity contribution in [3.05, 3.63) is 36.5 Å². The highest BCUT2D eigenvalue weighted by Gasteiger charge is 2.37. The van der Waals surface area contributed by atoms with Gasteiger partial charge < -0.3 is 29.9 Å². The minimum atomic E-state index is -4.73. The normalized spacial score (nSPS) is 18.0. The van der Waals surface area contributed by atoms with E-state index in [0.29, 0.717) is 19.3 Å². The van der Waals surface area contributed by atoms with Gasteiger partial charge in [-0.15, -0.1) is 0 Å². The van der Waals surface area contributed by atoms with Crippen LogP contribution in [0.5, 0.6) is 0 Å². The first-order valence-corrected chi connectivity index (χ1v) is 21.6. The summed E-state index contributed by atoms with van der Waals surface area (Å²) in [6, 6.07) is -1.53. The van der Waals surface area contributed by atoms with Crippen molar-refractivity contribution in [2.24, 2.45) is 5.73 Å². The van der Waals surface area contributed by atoms with Crippen molar-refractivity contribution in [2.75, 3.05) is 19.8 Å². The molecule has 12 nitrogen and oxygen atoms in total. The Morgan fingerprint density at radius 1 is 0.698 bits per heavy atom. The van der Waals surface area contributed by atoms with E-state index in [1.165, 1.54) is 64.2 Å². The molecule has 1 aliphatic rings. The van der Waals surface area contributed by atoms with Crippen molar-refractivity contribution in [1.29, 1.82) is 0 Å². The van der Waals surface area contributed by atoms with Crippen LogP contribution in [0.1, 0.15) is 155 Å². The number of carbonyl (C=O) groups is 3. The number of nitrogens with two attached hydrogens (primary N) is 1. The molecule has 1 aliphatic heterocycles. The fourth-order valence-corrected chi connectivity index (χ4v) is 6.28. The summed E-state index contributed by atoms with van der Waals surface area (Å²) in [6.45, 7) is 2.67. The molecule has 0 spiro atoms. The molecule has 0 aromatic heterocycles. The number of ether oxygens (including phenoxy) is 3. The van der Waals surface area contributed by atoms with Crippen LogP contribution in [0.4, 0.5) is 0 Å². The Labute approximate surface area is 318 Å². The minimum Gasteiger partial charge on any atom is -0.480 e. The Bertz CT molecular complexity index is 1110. The summed E-state index contributed by atoms with van der Waals surface area (Å²) < 4.78 is 38.3. The van der Waals surface area contributed by atoms with Crippen LogP contribution in [0.2, 0.25) is 0 Å². The third kappa shape index (κ3) is 29.7. The maximum Gasteiger partial charge on any atom is 0.472 e. The number of unbranched alkanes of at least 4 members (excludes halogenated alkanes) is 13. The zero-order valence-electron chi connectivity index (χ0n) is 32.5. The van der Waals surface area contributed by atoms with Crippen molar-refractivity contribution in [1.82, 2.24) is 0 Å². The smallest absolute Gasteiger partial charge is 0.472 e. The van der Waals surface area contributed by atoms with E-state index in [4.69, 9.17) is 29.6 Å². The lowest BCUT2D eigenvalue weighted by atomic mass is 10.1. The average Bonchev–Trinajstić information content (AvgIpc) is 3.88. The fourth-order valence-electron chi connectivity index (χ4n) is 5.50. The molecule has 53 heavy (non-hydrogen) atoms. The van der Waals surface area contributed by atoms with Gasteiger partial charge in [-0.2, -0.15) is 0 Å². The van der Waals surface area contributed by atoms with Crippen LogP contribution in [-0.2, 0) is 42.2 Å². The highest BCUT2D eigenvalue weighted by molar-refractivity contribution is 7.47. The van der Waals surface area contributed by atoms with Crippen LogP contribution in [0, 0.1) is 0 Å². The maximum absolute atomic E-state index is 12.7. The predicted molar refractivity (Wildman–Crippen MR) is 207 cm³/mol. The van der Waals surface area contributed by atoms with Crippen LogP contribution in [0.25, 0.3) is 0 Å². The lowest BCUT2D eigenvalue weighted by molar-refractivity contribution is -0.161. The molecule has 1 saturated heterocycles. The van der Waals surface area contributed by atoms with Crippen molar-refractivity contribution >= 4 is 25.7 Å². The molecule has 0 amide bonds. The number of rotatable bonds is 36. The Morgan fingerprint density at radius 3 is 1.89 bits per heavy atom. The number of phosphoric ester groups is 1. The van der Waals surface area contributed by atoms with E-state index in [9.17, 15) is 23.8 Å². The molecule has 306 valence electrons. The van der Waals surface area contributed by atoms with Crippen molar-refractivity contribution in [3.63, 3.8) is 0 Å². The molecule has 0 bridgehead atoms. The van der Waals surface area contributed by atoms with Crippen molar-refractivity contribution in [3.8, 4) is 0 Å². The number of carboxylic acid groups (broad SMARTS) is 1. The first-order chi connectivity index (χ1) is 25.6. The minimum absolute atomic E-state index is 0.0736. The third-order valence-electron chi connectivity index (χ3n) is 8.82. The lowest BCUT2D eigenvalue weighted by Gasteiger charge is -2.20. The van der Waals surface area contributed by atoms with Crippen molar-refractivity contribution in [2.45, 2.75) is 179 Å². The van der Waals surface area contributed by atoms with Crippen LogP contribution in [0.15, 0.2) is 36.5 Å². The van der Waals surface area contributed by atoms with Gasteiger partial charge in [-0.1, -0.05) is 127 Å². The van der Waals surface area contributed by atoms with Gasteiger partial charge in [0.05, 0.1) is 25.4 Å². The van der Waals surface area contributed by atoms with E-state index in [1.807, 2.05) is 0 Å². The second-order valence-electron chi connectivity index (χ2n) is 13.8. The molecule has 1 heterocycles. The van der Waals surface area contributed by atoms with Gasteiger partial charge in [-0.25, -0.2) is 4.57 Å². The fraction of sp³-hybridized carbons (Fsp3) is 0.775. The number of esters is 2. The zero-order chi connectivity index (χ0) is 39.0. The predicted octanol–water partition coefficient (Wildman–Crippen LogP) is 9.04. The average molecular weight is 772 g/mol. The second-order valence-corrected chi connectivity index (χ2v) is 15.3. The van der Waals surface area contributed by atoms with E-state index < -0.39 is 51.1 Å². The van der Waals surface area contributed by atoms with Gasteiger partial charge in [0.15, 0.2) is 6.10 Å². The van der Waals surface area contributed by atoms with Gasteiger partial charge in [-0.05, 0) is 51.4 Å². The number of hydrogen-bond donors (Lipinski definition) is 3. The third-order valence-corrected chi connectivity index (χ3v) is 9.77. The van der Waals surface area contributed by atoms with Crippen LogP contribution >= 0.6 is 7.82 Å². The molecular formula is C40H70NO11P. The van der Waals surface area contributed by atoms with E-state index in [2.05, 4.69) is 54.8 Å². The SMILES string of the molecule is CCCCC/C=C\C/C=C\C/C=C\CC1OC1CCCC(=O)O[C@H](COC(=O)CCCCCCCCCCCCC)COP(=O)(O)OC[C@H](N)C(=O)O. The lowest BCUT2D eigenvalue weighted by Crippen LogP contribution is -2.34. The second kappa shape index (κ2) is 32.0. The molecule has 1 rings (SSSR count). The summed E-state index contributed by atoms with van der Waals surface area (Å²) in [5, 5.41) is 8.87. The Hall–Kier alpha value is -2.34. The van der Waals surface area contributed by atoms with Gasteiger partial charge in [0.1, 0.15) is 12.6 Å². The zero-order valence-corrected chi connectivity index (χ0v) is 33.4. The molecule has 3 unspecified atom stereocenters. The Kier molecular flexibility index (Phi) is 29.4. The summed E-state index contributed by atoms with van der Waals surface area (Å²) in [6.07, 6.45) is 33.8. The van der Waals surface area contributed by atoms with E-state index >= 15 is 0 Å². The molecule has 0 saturated carbocycles. The van der Waals surface area contributed by atoms with Crippen molar-refractivity contribution < 1.29 is 52.2 Å². The molecule has 0 radical (unpaired) electrons. The molecule has 0 aliphatic carbocycles. The van der Waals surface area contributed by atoms with Gasteiger partial charge in [-0.3, -0.25) is 23.4 Å². The number of phosphoric acid groups is 1. The molecule has 13 heteroatoms. The number of epoxide rings is 1. The quantitative estimate of drug-likeness (QED) is 0.0181.